The average Bonchev–Trinajstić information content (AvgIpc) is 2.49. The Kier molecular flexibility index (Phi) is 4.29. The Labute approximate surface area is 126 Å². The van der Waals surface area contributed by atoms with Crippen LogP contribution in [-0.4, -0.2) is 12.4 Å². The molecule has 3 rings (SSSR count). The number of hydrogen-bond donors (Lipinski definition) is 1. The van der Waals surface area contributed by atoms with Crippen LogP contribution in [0, 0.1) is 0 Å². The van der Waals surface area contributed by atoms with Gasteiger partial charge in [-0.25, -0.2) is 0 Å². The number of anilines is 1. The Morgan fingerprint density at radius 3 is 2.62 bits per heavy atom. The number of rotatable bonds is 4. The van der Waals surface area contributed by atoms with Gasteiger partial charge in [-0.3, -0.25) is 0 Å². The fraction of sp³-hybridized carbons (Fsp3) is 0.250. The van der Waals surface area contributed by atoms with Crippen molar-refractivity contribution in [3.8, 4) is 5.75 Å². The van der Waals surface area contributed by atoms with Gasteiger partial charge >= 0.3 is 6.61 Å². The van der Waals surface area contributed by atoms with Crippen LogP contribution in [0.2, 0.25) is 0 Å². The third kappa shape index (κ3) is 3.47. The molecule has 2 aromatic rings. The lowest BCUT2D eigenvalue weighted by Crippen LogP contribution is -2.18. The highest BCUT2D eigenvalue weighted by atomic mass is 32.2. The molecule has 1 aliphatic rings. The van der Waals surface area contributed by atoms with E-state index in [0.29, 0.717) is 0 Å². The topological polar surface area (TPSA) is 21.3 Å². The van der Waals surface area contributed by atoms with Crippen molar-refractivity contribution < 1.29 is 13.5 Å². The number of halogens is 2. The zero-order chi connectivity index (χ0) is 14.7. The molecule has 110 valence electrons. The normalized spacial score (nSPS) is 17.4. The van der Waals surface area contributed by atoms with Crippen LogP contribution in [0.25, 0.3) is 0 Å². The van der Waals surface area contributed by atoms with Crippen molar-refractivity contribution in [1.29, 1.82) is 0 Å². The summed E-state index contributed by atoms with van der Waals surface area (Å²) < 4.78 is 28.6. The Balaban J connectivity index is 1.73. The maximum atomic E-state index is 12.1. The smallest absolute Gasteiger partial charge is 0.387 e. The summed E-state index contributed by atoms with van der Waals surface area (Å²) in [5.41, 5.74) is 3.56. The van der Waals surface area contributed by atoms with Gasteiger partial charge in [0.05, 0.1) is 6.04 Å². The minimum absolute atomic E-state index is 0.175. The highest BCUT2D eigenvalue weighted by molar-refractivity contribution is 7.98. The first-order valence-corrected chi connectivity index (χ1v) is 7.85. The first kappa shape index (κ1) is 14.2. The fourth-order valence-electron chi connectivity index (χ4n) is 2.44. The quantitative estimate of drug-likeness (QED) is 0.885. The SMILES string of the molecule is FC(F)Oc1ccc(NC2CSCc3ccccc32)cc1. The predicted molar refractivity (Wildman–Crippen MR) is 82.0 cm³/mol. The maximum Gasteiger partial charge on any atom is 0.387 e. The van der Waals surface area contributed by atoms with Crippen LogP contribution in [0.4, 0.5) is 14.5 Å². The largest absolute Gasteiger partial charge is 0.435 e. The summed E-state index contributed by atoms with van der Waals surface area (Å²) in [7, 11) is 0. The van der Waals surface area contributed by atoms with Crippen LogP contribution in [0.3, 0.4) is 0 Å². The van der Waals surface area contributed by atoms with E-state index in [4.69, 9.17) is 0 Å². The first-order chi connectivity index (χ1) is 10.2. The second-order valence-corrected chi connectivity index (χ2v) is 5.84. The lowest BCUT2D eigenvalue weighted by molar-refractivity contribution is -0.0498. The summed E-state index contributed by atoms with van der Waals surface area (Å²) in [4.78, 5) is 0. The van der Waals surface area contributed by atoms with E-state index in [1.807, 2.05) is 17.8 Å². The van der Waals surface area contributed by atoms with Crippen LogP contribution >= 0.6 is 11.8 Å². The van der Waals surface area contributed by atoms with Gasteiger partial charge in [0.15, 0.2) is 0 Å². The van der Waals surface area contributed by atoms with Gasteiger partial charge < -0.3 is 10.1 Å². The summed E-state index contributed by atoms with van der Waals surface area (Å²) in [6.07, 6.45) is 0. The molecule has 0 bridgehead atoms. The standard InChI is InChI=1S/C16H15F2NOS/c17-16(18)20-13-7-5-12(6-8-13)19-15-10-21-9-11-3-1-2-4-14(11)15/h1-8,15-16,19H,9-10H2. The minimum Gasteiger partial charge on any atom is -0.435 e. The Bertz CT molecular complexity index is 603. The molecule has 0 saturated heterocycles. The first-order valence-electron chi connectivity index (χ1n) is 6.69. The molecule has 1 heterocycles. The molecule has 5 heteroatoms. The number of fused-ring (bicyclic) bond motifs is 1. The van der Waals surface area contributed by atoms with Crippen LogP contribution in [-0.2, 0) is 5.75 Å². The molecule has 2 aromatic carbocycles. The van der Waals surface area contributed by atoms with E-state index in [1.165, 1.54) is 11.1 Å². The van der Waals surface area contributed by atoms with Gasteiger partial charge in [-0.05, 0) is 35.4 Å². The Morgan fingerprint density at radius 1 is 1.10 bits per heavy atom. The average molecular weight is 307 g/mol. The number of ether oxygens (including phenoxy) is 1. The Hall–Kier alpha value is -1.75. The third-order valence-corrected chi connectivity index (χ3v) is 4.48. The van der Waals surface area contributed by atoms with E-state index in [-0.39, 0.29) is 11.8 Å². The van der Waals surface area contributed by atoms with Crippen molar-refractivity contribution in [2.75, 3.05) is 11.1 Å². The van der Waals surface area contributed by atoms with Gasteiger partial charge in [0.25, 0.3) is 0 Å². The van der Waals surface area contributed by atoms with Crippen molar-refractivity contribution >= 4 is 17.4 Å². The zero-order valence-corrected chi connectivity index (χ0v) is 12.1. The lowest BCUT2D eigenvalue weighted by Gasteiger charge is -2.27. The van der Waals surface area contributed by atoms with Crippen LogP contribution in [0.1, 0.15) is 17.2 Å². The number of thioether (sulfide) groups is 1. The monoisotopic (exact) mass is 307 g/mol. The summed E-state index contributed by atoms with van der Waals surface area (Å²) in [6.45, 7) is -2.79. The summed E-state index contributed by atoms with van der Waals surface area (Å²) in [5.74, 6) is 2.20. The van der Waals surface area contributed by atoms with Crippen LogP contribution in [0.5, 0.6) is 5.75 Å². The molecule has 0 fully saturated rings. The molecule has 21 heavy (non-hydrogen) atoms. The van der Waals surface area contributed by atoms with Crippen molar-refractivity contribution in [3.63, 3.8) is 0 Å². The fourth-order valence-corrected chi connectivity index (χ4v) is 3.53. The van der Waals surface area contributed by atoms with Crippen molar-refractivity contribution in [1.82, 2.24) is 0 Å². The van der Waals surface area contributed by atoms with Gasteiger partial charge in [0.1, 0.15) is 5.75 Å². The second kappa shape index (κ2) is 6.35. The molecule has 1 N–H and O–H groups in total. The van der Waals surface area contributed by atoms with E-state index in [2.05, 4.69) is 28.3 Å². The predicted octanol–water partition coefficient (Wildman–Crippen LogP) is 4.69. The molecular weight excluding hydrogens is 292 g/mol. The molecule has 0 radical (unpaired) electrons. The van der Waals surface area contributed by atoms with E-state index in [0.717, 1.165) is 17.2 Å². The number of nitrogens with one attached hydrogen (secondary N) is 1. The van der Waals surface area contributed by atoms with E-state index >= 15 is 0 Å². The van der Waals surface area contributed by atoms with Gasteiger partial charge in [0, 0.05) is 17.2 Å². The van der Waals surface area contributed by atoms with Crippen molar-refractivity contribution in [2.24, 2.45) is 0 Å². The molecule has 0 aliphatic carbocycles. The Morgan fingerprint density at radius 2 is 1.86 bits per heavy atom. The van der Waals surface area contributed by atoms with Crippen LogP contribution in [0.15, 0.2) is 48.5 Å². The van der Waals surface area contributed by atoms with Gasteiger partial charge in [-0.2, -0.15) is 20.5 Å². The minimum atomic E-state index is -2.79. The molecule has 1 aliphatic heterocycles. The number of benzene rings is 2. The molecule has 1 unspecified atom stereocenters. The maximum absolute atomic E-state index is 12.1. The van der Waals surface area contributed by atoms with E-state index in [9.17, 15) is 8.78 Å². The van der Waals surface area contributed by atoms with Gasteiger partial charge in [-0.1, -0.05) is 24.3 Å². The number of hydrogen-bond acceptors (Lipinski definition) is 3. The molecule has 0 spiro atoms. The molecular formula is C16H15F2NOS. The molecule has 0 amide bonds. The van der Waals surface area contributed by atoms with E-state index in [1.54, 1.807) is 24.3 Å². The van der Waals surface area contributed by atoms with Crippen LogP contribution < -0.4 is 10.1 Å². The zero-order valence-electron chi connectivity index (χ0n) is 11.3. The second-order valence-electron chi connectivity index (χ2n) is 4.81. The highest BCUT2D eigenvalue weighted by Gasteiger charge is 2.19. The number of alkyl halides is 2. The van der Waals surface area contributed by atoms with Crippen molar-refractivity contribution in [3.05, 3.63) is 59.7 Å². The molecule has 1 atom stereocenters. The third-order valence-electron chi connectivity index (χ3n) is 3.39. The van der Waals surface area contributed by atoms with Gasteiger partial charge in [0.2, 0.25) is 0 Å². The molecule has 2 nitrogen and oxygen atoms in total. The summed E-state index contributed by atoms with van der Waals surface area (Å²) >= 11 is 1.89. The van der Waals surface area contributed by atoms with Crippen molar-refractivity contribution in [2.45, 2.75) is 18.4 Å². The summed E-state index contributed by atoms with van der Waals surface area (Å²) in [6, 6.07) is 15.3. The summed E-state index contributed by atoms with van der Waals surface area (Å²) in [5, 5.41) is 3.45. The van der Waals surface area contributed by atoms with E-state index < -0.39 is 6.61 Å². The molecule has 0 aromatic heterocycles. The van der Waals surface area contributed by atoms with Gasteiger partial charge in [-0.15, -0.1) is 0 Å². The highest BCUT2D eigenvalue weighted by Crippen LogP contribution is 2.34. The lowest BCUT2D eigenvalue weighted by atomic mass is 10.0. The molecule has 0 saturated carbocycles.